The van der Waals surface area contributed by atoms with Gasteiger partial charge in [0.05, 0.1) is 33.1 Å². The molecule has 0 atom stereocenters. The molecule has 0 aliphatic carbocycles. The Bertz CT molecular complexity index is 3250. The number of nitrogens with zero attached hydrogens (tertiary/aromatic N) is 2. The first kappa shape index (κ1) is 37.2. The van der Waals surface area contributed by atoms with Crippen molar-refractivity contribution in [2.24, 2.45) is 0 Å². The van der Waals surface area contributed by atoms with E-state index in [9.17, 15) is 0 Å². The molecule has 0 spiro atoms. The van der Waals surface area contributed by atoms with Crippen LogP contribution in [-0.2, 0) is 21.7 Å². The molecule has 11 aromatic rings. The van der Waals surface area contributed by atoms with Gasteiger partial charge in [-0.05, 0) is 90.4 Å². The van der Waals surface area contributed by atoms with Crippen LogP contribution in [-0.4, -0.2) is 8.80 Å². The van der Waals surface area contributed by atoms with E-state index in [1.165, 1.54) is 121 Å². The number of hydrogen-bond acceptors (Lipinski definition) is 0. The van der Waals surface area contributed by atoms with Crippen molar-refractivity contribution in [2.75, 3.05) is 0 Å². The van der Waals surface area contributed by atoms with Crippen LogP contribution in [0.15, 0.2) is 121 Å². The van der Waals surface area contributed by atoms with Gasteiger partial charge in [-0.15, -0.1) is 0 Å². The molecule has 60 heavy (non-hydrogen) atoms. The molecule has 7 aromatic carbocycles. The summed E-state index contributed by atoms with van der Waals surface area (Å²) in [7, 11) is 0. The summed E-state index contributed by atoms with van der Waals surface area (Å²) in [6, 6.07) is 47.3. The van der Waals surface area contributed by atoms with Gasteiger partial charge < -0.3 is 8.80 Å². The van der Waals surface area contributed by atoms with Gasteiger partial charge in [-0.2, -0.15) is 0 Å². The summed E-state index contributed by atoms with van der Waals surface area (Å²) in [6.45, 7) is 28.0. The van der Waals surface area contributed by atoms with Gasteiger partial charge in [0.15, 0.2) is 0 Å². The molecule has 0 bridgehead atoms. The van der Waals surface area contributed by atoms with Crippen LogP contribution in [0.2, 0.25) is 0 Å². The first-order valence-electron chi connectivity index (χ1n) is 21.9. The lowest BCUT2D eigenvalue weighted by molar-refractivity contribution is 0.568. The Balaban J connectivity index is 1.27. The van der Waals surface area contributed by atoms with Gasteiger partial charge >= 0.3 is 0 Å². The Morgan fingerprint density at radius 2 is 0.583 bits per heavy atom. The van der Waals surface area contributed by atoms with Crippen molar-refractivity contribution in [1.29, 1.82) is 0 Å². The number of hydrogen-bond donors (Lipinski definition) is 0. The Morgan fingerprint density at radius 1 is 0.283 bits per heavy atom. The van der Waals surface area contributed by atoms with Crippen molar-refractivity contribution in [3.63, 3.8) is 0 Å². The van der Waals surface area contributed by atoms with Crippen LogP contribution in [0.3, 0.4) is 0 Å². The molecule has 0 amide bonds. The van der Waals surface area contributed by atoms with E-state index >= 15 is 0 Å². The van der Waals surface area contributed by atoms with E-state index in [0.717, 1.165) is 0 Å². The summed E-state index contributed by atoms with van der Waals surface area (Å²) in [5, 5.41) is 10.7. The minimum absolute atomic E-state index is 0.0403. The summed E-state index contributed by atoms with van der Waals surface area (Å²) < 4.78 is 5.19. The first-order chi connectivity index (χ1) is 28.3. The van der Waals surface area contributed by atoms with Crippen LogP contribution in [0.4, 0.5) is 0 Å². The third-order valence-electron chi connectivity index (χ3n) is 13.7. The average molecular weight is 781 g/mol. The Kier molecular flexibility index (Phi) is 7.38. The Labute approximate surface area is 354 Å². The highest BCUT2D eigenvalue weighted by Gasteiger charge is 2.30. The van der Waals surface area contributed by atoms with E-state index in [1.807, 2.05) is 0 Å². The Morgan fingerprint density at radius 3 is 0.900 bits per heavy atom. The fourth-order valence-corrected chi connectivity index (χ4v) is 10.3. The number of para-hydroxylation sites is 2. The molecule has 298 valence electrons. The van der Waals surface area contributed by atoms with E-state index in [1.54, 1.807) is 0 Å². The minimum Gasteiger partial charge on any atom is -0.308 e. The molecule has 0 aliphatic rings. The van der Waals surface area contributed by atoms with Crippen LogP contribution in [0.25, 0.3) is 98.4 Å². The second kappa shape index (κ2) is 11.9. The lowest BCUT2D eigenvalue weighted by Gasteiger charge is -2.26. The van der Waals surface area contributed by atoms with E-state index in [0.29, 0.717) is 0 Å². The summed E-state index contributed by atoms with van der Waals surface area (Å²) in [4.78, 5) is 0. The fraction of sp³-hybridized carbons (Fsp3) is 0.276. The zero-order valence-corrected chi connectivity index (χ0v) is 37.4. The Hall–Kier alpha value is -5.86. The summed E-state index contributed by atoms with van der Waals surface area (Å²) in [5.41, 5.74) is 18.5. The largest absolute Gasteiger partial charge is 0.308 e. The zero-order chi connectivity index (χ0) is 42.0. The summed E-state index contributed by atoms with van der Waals surface area (Å²) >= 11 is 0. The molecule has 0 N–H and O–H groups in total. The predicted octanol–water partition coefficient (Wildman–Crippen LogP) is 16.5. The van der Waals surface area contributed by atoms with Crippen molar-refractivity contribution in [3.8, 4) is 22.3 Å². The third kappa shape index (κ3) is 5.19. The van der Waals surface area contributed by atoms with Crippen molar-refractivity contribution >= 4 is 76.2 Å². The number of fused-ring (bicyclic) bond motifs is 14. The lowest BCUT2D eigenvalue weighted by Crippen LogP contribution is -2.16. The lowest BCUT2D eigenvalue weighted by atomic mass is 9.79. The summed E-state index contributed by atoms with van der Waals surface area (Å²) in [5.74, 6) is 0. The van der Waals surface area contributed by atoms with Crippen LogP contribution >= 0.6 is 0 Å². The van der Waals surface area contributed by atoms with Crippen LogP contribution in [0.5, 0.6) is 0 Å². The average Bonchev–Trinajstić information content (AvgIpc) is 3.92. The highest BCUT2D eigenvalue weighted by molar-refractivity contribution is 6.45. The molecule has 0 fully saturated rings. The molecule has 0 radical (unpaired) electrons. The van der Waals surface area contributed by atoms with Gasteiger partial charge in [0, 0.05) is 43.1 Å². The van der Waals surface area contributed by atoms with Crippen molar-refractivity contribution in [3.05, 3.63) is 144 Å². The topological polar surface area (TPSA) is 8.82 Å². The van der Waals surface area contributed by atoms with Crippen LogP contribution in [0.1, 0.15) is 105 Å². The van der Waals surface area contributed by atoms with E-state index in [4.69, 9.17) is 0 Å². The second-order valence-corrected chi connectivity index (χ2v) is 22.0. The first-order valence-corrected chi connectivity index (χ1v) is 21.9. The maximum Gasteiger partial charge on any atom is 0.0634 e. The van der Waals surface area contributed by atoms with E-state index in [2.05, 4.69) is 213 Å². The molecule has 2 heteroatoms. The third-order valence-corrected chi connectivity index (χ3v) is 13.7. The van der Waals surface area contributed by atoms with Gasteiger partial charge in [0.25, 0.3) is 0 Å². The van der Waals surface area contributed by atoms with E-state index < -0.39 is 0 Å². The number of benzene rings is 7. The number of aromatic nitrogens is 2. The zero-order valence-electron chi connectivity index (χ0n) is 37.4. The second-order valence-electron chi connectivity index (χ2n) is 22.0. The van der Waals surface area contributed by atoms with Crippen molar-refractivity contribution < 1.29 is 0 Å². The molecule has 0 aliphatic heterocycles. The predicted molar refractivity (Wildman–Crippen MR) is 261 cm³/mol. The standard InChI is InChI=1S/C58H56N2/c1-55(2,3)37-25-35(26-38(31-37)56(4,5)6)33-21-23-43-47(29-33)59-45-19-15-13-17-41(45)50-52-44-24-22-34(36-27-39(57(7,8)9)32-40(28-36)58(10,11)12)30-48(44)60-46-20-16-14-18-42(46)49(54(52)60)51(43)53(50)59/h13-32H,1-12H3. The van der Waals surface area contributed by atoms with Gasteiger partial charge in [-0.1, -0.05) is 180 Å². The van der Waals surface area contributed by atoms with Crippen molar-refractivity contribution in [2.45, 2.75) is 105 Å². The molecular weight excluding hydrogens is 725 g/mol. The van der Waals surface area contributed by atoms with Crippen LogP contribution < -0.4 is 0 Å². The molecule has 4 aromatic heterocycles. The normalized spacial score (nSPS) is 13.7. The molecule has 4 heterocycles. The fourth-order valence-electron chi connectivity index (χ4n) is 10.3. The van der Waals surface area contributed by atoms with Gasteiger partial charge in [0.2, 0.25) is 0 Å². The maximum absolute atomic E-state index is 2.59. The smallest absolute Gasteiger partial charge is 0.0634 e. The summed E-state index contributed by atoms with van der Waals surface area (Å²) in [6.07, 6.45) is 0. The van der Waals surface area contributed by atoms with Crippen LogP contribution in [0, 0.1) is 0 Å². The highest BCUT2D eigenvalue weighted by atomic mass is 14.9. The highest BCUT2D eigenvalue weighted by Crippen LogP contribution is 2.52. The SMILES string of the molecule is CC(C)(C)c1cc(-c2ccc3c4c5c6ccccc6n6c7cc(-c8cc(C(C)(C)C)cc(C(C)(C)C)c8)ccc7c(c7c8ccccc8n(c3c2)c74)c56)cc(C(C)(C)C)c1. The molecule has 0 unspecified atom stereocenters. The van der Waals surface area contributed by atoms with Gasteiger partial charge in [-0.3, -0.25) is 0 Å². The van der Waals surface area contributed by atoms with E-state index in [-0.39, 0.29) is 21.7 Å². The molecule has 2 nitrogen and oxygen atoms in total. The van der Waals surface area contributed by atoms with Gasteiger partial charge in [-0.25, -0.2) is 0 Å². The molecule has 0 saturated heterocycles. The monoisotopic (exact) mass is 780 g/mol. The minimum atomic E-state index is 0.0403. The molecule has 11 rings (SSSR count). The molecule has 0 saturated carbocycles. The molecular formula is C58H56N2. The quantitative estimate of drug-likeness (QED) is 0.165. The number of rotatable bonds is 2. The maximum atomic E-state index is 2.59. The van der Waals surface area contributed by atoms with Crippen molar-refractivity contribution in [1.82, 2.24) is 8.80 Å². The van der Waals surface area contributed by atoms with Gasteiger partial charge in [0.1, 0.15) is 0 Å².